The lowest BCUT2D eigenvalue weighted by Crippen LogP contribution is -2.41. The van der Waals surface area contributed by atoms with Gasteiger partial charge < -0.3 is 4.90 Å². The lowest BCUT2D eigenvalue weighted by molar-refractivity contribution is -0.137. The Morgan fingerprint density at radius 3 is 2.40 bits per heavy atom. The number of fused-ring (bicyclic) bond motifs is 1. The summed E-state index contributed by atoms with van der Waals surface area (Å²) in [5, 5.41) is 7.85. The molecule has 1 aliphatic heterocycles. The van der Waals surface area contributed by atoms with Crippen molar-refractivity contribution in [2.75, 3.05) is 13.1 Å². The van der Waals surface area contributed by atoms with Crippen LogP contribution in [-0.2, 0) is 11.0 Å². The van der Waals surface area contributed by atoms with Crippen molar-refractivity contribution in [2.45, 2.75) is 35.1 Å². The van der Waals surface area contributed by atoms with Crippen molar-refractivity contribution in [3.05, 3.63) is 95.9 Å². The van der Waals surface area contributed by atoms with Gasteiger partial charge in [0.2, 0.25) is 5.91 Å². The third-order valence-corrected chi connectivity index (χ3v) is 7.43. The lowest BCUT2D eigenvalue weighted by Gasteiger charge is -2.34. The summed E-state index contributed by atoms with van der Waals surface area (Å²) in [6.07, 6.45) is -1.95. The fourth-order valence-corrected chi connectivity index (χ4v) is 5.56. The van der Waals surface area contributed by atoms with Gasteiger partial charge in [-0.2, -0.15) is 13.2 Å². The van der Waals surface area contributed by atoms with Crippen molar-refractivity contribution < 1.29 is 18.0 Å². The zero-order valence-corrected chi connectivity index (χ0v) is 19.5. The SMILES string of the molecule is O=C(C(Sc1ccccc1)c1ccccc1)N1CCCC(c2nnc3ccc(C(F)(F)F)cn23)C1. The second-order valence-electron chi connectivity index (χ2n) is 8.55. The Bertz CT molecular complexity index is 1310. The Morgan fingerprint density at radius 1 is 0.971 bits per heavy atom. The number of carbonyl (C=O) groups excluding carboxylic acids is 1. The van der Waals surface area contributed by atoms with Crippen molar-refractivity contribution in [3.8, 4) is 0 Å². The summed E-state index contributed by atoms with van der Waals surface area (Å²) in [5.41, 5.74) is 0.521. The van der Waals surface area contributed by atoms with Crippen LogP contribution < -0.4 is 0 Å². The number of carbonyl (C=O) groups is 1. The highest BCUT2D eigenvalue weighted by atomic mass is 32.2. The van der Waals surface area contributed by atoms with E-state index < -0.39 is 17.0 Å². The van der Waals surface area contributed by atoms with E-state index in [1.165, 1.54) is 22.2 Å². The van der Waals surface area contributed by atoms with Crippen LogP contribution in [0.5, 0.6) is 0 Å². The third-order valence-electron chi connectivity index (χ3n) is 6.18. The number of nitrogens with zero attached hydrogens (tertiary/aromatic N) is 4. The summed E-state index contributed by atoms with van der Waals surface area (Å²) in [6.45, 7) is 0.979. The monoisotopic (exact) mass is 496 g/mol. The van der Waals surface area contributed by atoms with Crippen LogP contribution in [0, 0.1) is 0 Å². The van der Waals surface area contributed by atoms with Crippen LogP contribution in [0.3, 0.4) is 0 Å². The van der Waals surface area contributed by atoms with Crippen LogP contribution in [0.25, 0.3) is 5.65 Å². The summed E-state index contributed by atoms with van der Waals surface area (Å²) in [7, 11) is 0. The number of benzene rings is 2. The van der Waals surface area contributed by atoms with E-state index in [0.717, 1.165) is 35.6 Å². The third kappa shape index (κ3) is 5.05. The molecule has 1 saturated heterocycles. The van der Waals surface area contributed by atoms with E-state index in [-0.39, 0.29) is 11.8 Å². The van der Waals surface area contributed by atoms with Gasteiger partial charge in [0.05, 0.1) is 5.56 Å². The van der Waals surface area contributed by atoms with E-state index in [0.29, 0.717) is 24.6 Å². The standard InChI is InChI=1S/C26H23F3N4OS/c27-26(28,29)20-13-14-22-30-31-24(33(22)17-20)19-10-7-15-32(16-19)25(34)23(18-8-3-1-4-9-18)35-21-11-5-2-6-12-21/h1-6,8-9,11-14,17,19,23H,7,10,15-16H2. The number of halogens is 3. The molecule has 5 rings (SSSR count). The average Bonchev–Trinajstić information content (AvgIpc) is 3.31. The van der Waals surface area contributed by atoms with Gasteiger partial charge in [0.1, 0.15) is 11.1 Å². The molecule has 2 aromatic carbocycles. The minimum Gasteiger partial charge on any atom is -0.341 e. The number of amides is 1. The van der Waals surface area contributed by atoms with Gasteiger partial charge in [-0.3, -0.25) is 9.20 Å². The van der Waals surface area contributed by atoms with Crippen LogP contribution in [-0.4, -0.2) is 38.5 Å². The van der Waals surface area contributed by atoms with Crippen molar-refractivity contribution in [3.63, 3.8) is 0 Å². The van der Waals surface area contributed by atoms with Gasteiger partial charge in [-0.15, -0.1) is 22.0 Å². The smallest absolute Gasteiger partial charge is 0.341 e. The Balaban J connectivity index is 1.42. The van der Waals surface area contributed by atoms with E-state index in [1.54, 1.807) is 0 Å². The average molecular weight is 497 g/mol. The first-order valence-electron chi connectivity index (χ1n) is 11.4. The highest BCUT2D eigenvalue weighted by molar-refractivity contribution is 8.00. The predicted molar refractivity (Wildman–Crippen MR) is 128 cm³/mol. The molecule has 5 nitrogen and oxygen atoms in total. The number of piperidine rings is 1. The highest BCUT2D eigenvalue weighted by Gasteiger charge is 2.34. The molecule has 1 fully saturated rings. The normalized spacial score (nSPS) is 17.5. The second-order valence-corrected chi connectivity index (χ2v) is 9.73. The number of alkyl halides is 3. The number of aromatic nitrogens is 3. The Morgan fingerprint density at radius 2 is 1.69 bits per heavy atom. The molecule has 9 heteroatoms. The van der Waals surface area contributed by atoms with E-state index in [4.69, 9.17) is 0 Å². The number of hydrogen-bond donors (Lipinski definition) is 0. The summed E-state index contributed by atoms with van der Waals surface area (Å²) in [6, 6.07) is 21.8. The van der Waals surface area contributed by atoms with Gasteiger partial charge in [-0.1, -0.05) is 48.5 Å². The van der Waals surface area contributed by atoms with E-state index in [9.17, 15) is 18.0 Å². The van der Waals surface area contributed by atoms with Crippen LogP contribution in [0.2, 0.25) is 0 Å². The molecule has 0 radical (unpaired) electrons. The van der Waals surface area contributed by atoms with Gasteiger partial charge in [-0.25, -0.2) is 0 Å². The van der Waals surface area contributed by atoms with Gasteiger partial charge in [0, 0.05) is 30.1 Å². The predicted octanol–water partition coefficient (Wildman–Crippen LogP) is 5.99. The molecule has 180 valence electrons. The summed E-state index contributed by atoms with van der Waals surface area (Å²) in [4.78, 5) is 16.6. The molecule has 3 heterocycles. The zero-order chi connectivity index (χ0) is 24.4. The maximum atomic E-state index is 13.8. The maximum Gasteiger partial charge on any atom is 0.417 e. The topological polar surface area (TPSA) is 50.5 Å². The number of rotatable bonds is 5. The minimum absolute atomic E-state index is 0.0143. The van der Waals surface area contributed by atoms with Crippen LogP contribution >= 0.6 is 11.8 Å². The molecule has 0 N–H and O–H groups in total. The molecular weight excluding hydrogens is 473 g/mol. The van der Waals surface area contributed by atoms with Crippen LogP contribution in [0.4, 0.5) is 13.2 Å². The minimum atomic E-state index is -4.46. The fourth-order valence-electron chi connectivity index (χ4n) is 4.43. The Hall–Kier alpha value is -3.33. The quantitative estimate of drug-likeness (QED) is 0.319. The first-order valence-corrected chi connectivity index (χ1v) is 12.3. The largest absolute Gasteiger partial charge is 0.417 e. The van der Waals surface area contributed by atoms with Crippen molar-refractivity contribution >= 4 is 23.3 Å². The number of thioether (sulfide) groups is 1. The molecule has 1 aliphatic rings. The van der Waals surface area contributed by atoms with E-state index in [1.807, 2.05) is 65.6 Å². The molecule has 0 bridgehead atoms. The molecule has 2 aromatic heterocycles. The van der Waals surface area contributed by atoms with Gasteiger partial charge >= 0.3 is 6.18 Å². The lowest BCUT2D eigenvalue weighted by atomic mass is 9.96. The molecule has 0 spiro atoms. The van der Waals surface area contributed by atoms with Crippen molar-refractivity contribution in [1.29, 1.82) is 0 Å². The Labute approximate surface area is 205 Å². The molecule has 1 amide bonds. The first kappa shape index (κ1) is 23.4. The molecular formula is C26H23F3N4OS. The van der Waals surface area contributed by atoms with E-state index in [2.05, 4.69) is 10.2 Å². The van der Waals surface area contributed by atoms with Crippen molar-refractivity contribution in [2.24, 2.45) is 0 Å². The molecule has 35 heavy (non-hydrogen) atoms. The van der Waals surface area contributed by atoms with Gasteiger partial charge in [-0.05, 0) is 42.7 Å². The zero-order valence-electron chi connectivity index (χ0n) is 18.7. The summed E-state index contributed by atoms with van der Waals surface area (Å²) >= 11 is 1.50. The van der Waals surface area contributed by atoms with Crippen LogP contribution in [0.15, 0.2) is 83.9 Å². The number of likely N-dealkylation sites (tertiary alicyclic amines) is 1. The van der Waals surface area contributed by atoms with Crippen molar-refractivity contribution in [1.82, 2.24) is 19.5 Å². The van der Waals surface area contributed by atoms with Gasteiger partial charge in [0.25, 0.3) is 0 Å². The summed E-state index contributed by atoms with van der Waals surface area (Å²) in [5.74, 6) is 0.236. The molecule has 4 aromatic rings. The summed E-state index contributed by atoms with van der Waals surface area (Å²) < 4.78 is 41.3. The number of hydrogen-bond acceptors (Lipinski definition) is 4. The fraction of sp³-hybridized carbons (Fsp3) is 0.269. The molecule has 0 saturated carbocycles. The van der Waals surface area contributed by atoms with Gasteiger partial charge in [0.15, 0.2) is 5.65 Å². The maximum absolute atomic E-state index is 13.8. The van der Waals surface area contributed by atoms with Crippen LogP contribution in [0.1, 0.15) is 41.0 Å². The number of pyridine rings is 1. The van der Waals surface area contributed by atoms with E-state index >= 15 is 0 Å². The molecule has 0 aliphatic carbocycles. The molecule has 2 unspecified atom stereocenters. The Kier molecular flexibility index (Phi) is 6.51. The highest BCUT2D eigenvalue weighted by Crippen LogP contribution is 2.38. The first-order chi connectivity index (χ1) is 16.9. The second kappa shape index (κ2) is 9.73. The molecule has 2 atom stereocenters.